The summed E-state index contributed by atoms with van der Waals surface area (Å²) in [6.45, 7) is 9.93. The van der Waals surface area contributed by atoms with Crippen LogP contribution in [-0.2, 0) is 4.79 Å². The molecule has 0 atom stereocenters. The third kappa shape index (κ3) is 4.13. The second-order valence-corrected chi connectivity index (χ2v) is 9.44. The number of aromatic nitrogens is 2. The van der Waals surface area contributed by atoms with Crippen LogP contribution in [0.1, 0.15) is 50.9 Å². The van der Waals surface area contributed by atoms with Gasteiger partial charge in [0.2, 0.25) is 0 Å². The van der Waals surface area contributed by atoms with Gasteiger partial charge in [-0.3, -0.25) is 9.20 Å². The molecule has 1 N–H and O–H groups in total. The van der Waals surface area contributed by atoms with Gasteiger partial charge in [0.1, 0.15) is 5.65 Å². The fraction of sp³-hybridized carbons (Fsp3) is 0.545. The molecule has 0 bridgehead atoms. The molecule has 4 heterocycles. The molecule has 0 aromatic carbocycles. The molecule has 0 saturated carbocycles. The molecule has 2 aliphatic heterocycles. The number of aryl methyl sites for hydroxylation is 1. The number of piperidine rings is 1. The quantitative estimate of drug-likeness (QED) is 0.796. The topological polar surface area (TPSA) is 49.6 Å². The third-order valence-corrected chi connectivity index (χ3v) is 6.76. The van der Waals surface area contributed by atoms with Crippen molar-refractivity contribution in [1.29, 1.82) is 0 Å². The highest BCUT2D eigenvalue weighted by atomic mass is 32.2. The van der Waals surface area contributed by atoms with Crippen LogP contribution in [0.25, 0.3) is 11.7 Å². The zero-order chi connectivity index (χ0) is 19.7. The first-order chi connectivity index (χ1) is 13.5. The smallest absolute Gasteiger partial charge is 0.258 e. The molecule has 1 fully saturated rings. The van der Waals surface area contributed by atoms with Crippen molar-refractivity contribution in [2.24, 2.45) is 5.92 Å². The molecule has 0 unspecified atom stereocenters. The number of imidazole rings is 1. The summed E-state index contributed by atoms with van der Waals surface area (Å²) in [6, 6.07) is 6.34. The number of carbonyl (C=O) groups is 1. The second kappa shape index (κ2) is 8.29. The van der Waals surface area contributed by atoms with Crippen LogP contribution in [0.2, 0.25) is 0 Å². The van der Waals surface area contributed by atoms with Crippen molar-refractivity contribution in [1.82, 2.24) is 19.6 Å². The Balaban J connectivity index is 1.35. The zero-order valence-electron chi connectivity index (χ0n) is 17.1. The Kier molecular flexibility index (Phi) is 5.78. The molecule has 28 heavy (non-hydrogen) atoms. The number of carbonyl (C=O) groups excluding carboxylic acids is 1. The van der Waals surface area contributed by atoms with E-state index in [1.54, 1.807) is 0 Å². The van der Waals surface area contributed by atoms with Crippen LogP contribution in [0.15, 0.2) is 28.1 Å². The first-order valence-corrected chi connectivity index (χ1v) is 11.2. The van der Waals surface area contributed by atoms with Crippen molar-refractivity contribution in [2.75, 3.05) is 19.6 Å². The van der Waals surface area contributed by atoms with Gasteiger partial charge in [0, 0.05) is 19.1 Å². The number of rotatable bonds is 6. The minimum Gasteiger partial charge on any atom is -0.349 e. The number of amides is 1. The van der Waals surface area contributed by atoms with Crippen molar-refractivity contribution in [3.05, 3.63) is 34.5 Å². The average Bonchev–Trinajstić information content (AvgIpc) is 3.00. The fourth-order valence-electron chi connectivity index (χ4n) is 4.11. The predicted molar refractivity (Wildman–Crippen MR) is 115 cm³/mol. The molecule has 0 radical (unpaired) electrons. The summed E-state index contributed by atoms with van der Waals surface area (Å²) in [5.74, 6) is 0.830. The molecule has 1 amide bonds. The lowest BCUT2D eigenvalue weighted by molar-refractivity contribution is -0.117. The maximum absolute atomic E-state index is 12.9. The monoisotopic (exact) mass is 398 g/mol. The Morgan fingerprint density at radius 1 is 1.32 bits per heavy atom. The largest absolute Gasteiger partial charge is 0.349 e. The minimum absolute atomic E-state index is 0.0483. The van der Waals surface area contributed by atoms with Crippen LogP contribution in [0.3, 0.4) is 0 Å². The van der Waals surface area contributed by atoms with Crippen LogP contribution >= 0.6 is 11.8 Å². The molecule has 0 aliphatic carbocycles. The van der Waals surface area contributed by atoms with E-state index in [1.807, 2.05) is 25.1 Å². The van der Waals surface area contributed by atoms with E-state index in [4.69, 9.17) is 0 Å². The molecule has 0 spiro atoms. The predicted octanol–water partition coefficient (Wildman–Crippen LogP) is 4.11. The zero-order valence-corrected chi connectivity index (χ0v) is 17.9. The molecule has 2 aromatic rings. The van der Waals surface area contributed by atoms with Gasteiger partial charge in [0.25, 0.3) is 5.91 Å². The Labute approximate surface area is 171 Å². The molecule has 2 aromatic heterocycles. The fourth-order valence-corrected chi connectivity index (χ4v) is 5.08. The number of nitrogens with one attached hydrogen (secondary N) is 1. The maximum atomic E-state index is 12.9. The molecule has 150 valence electrons. The Hall–Kier alpha value is -1.79. The van der Waals surface area contributed by atoms with Gasteiger partial charge in [-0.25, -0.2) is 4.98 Å². The average molecular weight is 399 g/mol. The lowest BCUT2D eigenvalue weighted by atomic mass is 10.0. The van der Waals surface area contributed by atoms with Crippen molar-refractivity contribution in [2.45, 2.75) is 57.5 Å². The highest BCUT2D eigenvalue weighted by Gasteiger charge is 2.25. The number of hydrogen-bond donors (Lipinski definition) is 1. The van der Waals surface area contributed by atoms with Gasteiger partial charge in [-0.05, 0) is 63.3 Å². The first-order valence-electron chi connectivity index (χ1n) is 10.4. The normalized spacial score (nSPS) is 17.9. The summed E-state index contributed by atoms with van der Waals surface area (Å²) in [5.41, 5.74) is 2.93. The molecule has 4 rings (SSSR count). The van der Waals surface area contributed by atoms with Crippen LogP contribution in [0.4, 0.5) is 0 Å². The Morgan fingerprint density at radius 2 is 2.11 bits per heavy atom. The van der Waals surface area contributed by atoms with E-state index in [-0.39, 0.29) is 11.9 Å². The second-order valence-electron chi connectivity index (χ2n) is 8.38. The van der Waals surface area contributed by atoms with Crippen LogP contribution in [0, 0.1) is 12.8 Å². The summed E-state index contributed by atoms with van der Waals surface area (Å²) in [5, 5.41) is 4.33. The van der Waals surface area contributed by atoms with Gasteiger partial charge in [-0.1, -0.05) is 31.7 Å². The number of thioether (sulfide) groups is 1. The summed E-state index contributed by atoms with van der Waals surface area (Å²) in [4.78, 5) is 20.8. The highest BCUT2D eigenvalue weighted by Crippen LogP contribution is 2.35. The molecule has 2 aliphatic rings. The maximum Gasteiger partial charge on any atom is 0.258 e. The highest BCUT2D eigenvalue weighted by molar-refractivity contribution is 8.04. The Morgan fingerprint density at radius 3 is 2.86 bits per heavy atom. The van der Waals surface area contributed by atoms with E-state index in [0.717, 1.165) is 58.8 Å². The lowest BCUT2D eigenvalue weighted by Crippen LogP contribution is -2.45. The summed E-state index contributed by atoms with van der Waals surface area (Å²) >= 11 is 1.54. The van der Waals surface area contributed by atoms with E-state index in [1.165, 1.54) is 31.1 Å². The number of hydrogen-bond acceptors (Lipinski definition) is 4. The van der Waals surface area contributed by atoms with Crippen molar-refractivity contribution in [3.63, 3.8) is 0 Å². The summed E-state index contributed by atoms with van der Waals surface area (Å²) in [7, 11) is 0. The van der Waals surface area contributed by atoms with Gasteiger partial charge >= 0.3 is 0 Å². The van der Waals surface area contributed by atoms with Crippen LogP contribution in [0.5, 0.6) is 0 Å². The summed E-state index contributed by atoms with van der Waals surface area (Å²) < 4.78 is 2.13. The minimum atomic E-state index is 0.0483. The lowest BCUT2D eigenvalue weighted by Gasteiger charge is -2.32. The van der Waals surface area contributed by atoms with Gasteiger partial charge in [-0.2, -0.15) is 0 Å². The van der Waals surface area contributed by atoms with E-state index in [9.17, 15) is 4.79 Å². The number of nitrogens with zero attached hydrogens (tertiary/aromatic N) is 3. The van der Waals surface area contributed by atoms with Crippen molar-refractivity contribution >= 4 is 29.4 Å². The number of pyridine rings is 1. The third-order valence-electron chi connectivity index (χ3n) is 5.71. The van der Waals surface area contributed by atoms with E-state index in [2.05, 4.69) is 39.5 Å². The van der Waals surface area contributed by atoms with Gasteiger partial charge < -0.3 is 10.2 Å². The van der Waals surface area contributed by atoms with Crippen LogP contribution in [-0.4, -0.2) is 45.9 Å². The first kappa shape index (κ1) is 19.5. The van der Waals surface area contributed by atoms with E-state index >= 15 is 0 Å². The van der Waals surface area contributed by atoms with Crippen LogP contribution < -0.4 is 5.32 Å². The van der Waals surface area contributed by atoms with Gasteiger partial charge in [-0.15, -0.1) is 0 Å². The van der Waals surface area contributed by atoms with Crippen molar-refractivity contribution in [3.8, 4) is 0 Å². The molecular weight excluding hydrogens is 368 g/mol. The molecular formula is C22H30N4OS. The Bertz CT molecular complexity index is 893. The van der Waals surface area contributed by atoms with Gasteiger partial charge in [0.15, 0.2) is 0 Å². The molecule has 6 heteroatoms. The SMILES string of the molecule is Cc1nc2cccc3n2c1C=C(C(=O)NC1CCN(CCCC(C)C)CC1)S3. The molecule has 1 saturated heterocycles. The van der Waals surface area contributed by atoms with E-state index < -0.39 is 0 Å². The van der Waals surface area contributed by atoms with Crippen molar-refractivity contribution < 1.29 is 4.79 Å². The standard InChI is InChI=1S/C22H30N4OS/c1-15(2)6-5-11-25-12-9-17(10-13-25)24-22(27)19-14-18-16(3)23-20-7-4-8-21(28-19)26(18)20/h4,7-8,14-15,17H,5-6,9-13H2,1-3H3,(H,24,27). The number of likely N-dealkylation sites (tertiary alicyclic amines) is 1. The van der Waals surface area contributed by atoms with E-state index in [0.29, 0.717) is 0 Å². The molecule has 5 nitrogen and oxygen atoms in total. The summed E-state index contributed by atoms with van der Waals surface area (Å²) in [6.07, 6.45) is 6.64. The van der Waals surface area contributed by atoms with Gasteiger partial charge in [0.05, 0.1) is 21.3 Å².